The lowest BCUT2D eigenvalue weighted by molar-refractivity contribution is -0.129. The molecule has 0 unspecified atom stereocenters. The van der Waals surface area contributed by atoms with E-state index in [9.17, 15) is 9.59 Å². The van der Waals surface area contributed by atoms with Crippen molar-refractivity contribution in [3.05, 3.63) is 58.8 Å². The molecule has 0 saturated heterocycles. The number of cyclic esters (lactones) is 1. The number of hydrogen-bond donors (Lipinski definition) is 0. The number of ether oxygens (including phenoxy) is 5. The van der Waals surface area contributed by atoms with Crippen LogP contribution in [0.4, 0.5) is 0 Å². The molecule has 150 valence electrons. The van der Waals surface area contributed by atoms with Gasteiger partial charge in [0.1, 0.15) is 0 Å². The number of benzene rings is 2. The van der Waals surface area contributed by atoms with Crippen LogP contribution >= 0.6 is 0 Å². The van der Waals surface area contributed by atoms with E-state index in [0.717, 1.165) is 0 Å². The third kappa shape index (κ3) is 4.06. The largest absolute Gasteiger partial charge is 0.493 e. The standard InChI is InChI=1S/C21H19NO7/c1-25-16-10-14(11-17(26-2)18(16)27-3)19-22-15(21(24)29-19)9-12-5-7-13(8-6-12)20(23)28-4/h5-11H,1-4H3/b15-9+. The molecule has 2 aromatic carbocycles. The van der Waals surface area contributed by atoms with Gasteiger partial charge in [0.15, 0.2) is 17.2 Å². The highest BCUT2D eigenvalue weighted by atomic mass is 16.6. The molecule has 0 fully saturated rings. The Morgan fingerprint density at radius 3 is 2.10 bits per heavy atom. The quantitative estimate of drug-likeness (QED) is 0.547. The fourth-order valence-corrected chi connectivity index (χ4v) is 2.73. The van der Waals surface area contributed by atoms with Gasteiger partial charge in [0.2, 0.25) is 11.6 Å². The molecule has 0 spiro atoms. The highest BCUT2D eigenvalue weighted by Crippen LogP contribution is 2.39. The van der Waals surface area contributed by atoms with Crippen molar-refractivity contribution in [2.45, 2.75) is 0 Å². The molecule has 29 heavy (non-hydrogen) atoms. The Kier molecular flexibility index (Phi) is 5.82. The lowest BCUT2D eigenvalue weighted by atomic mass is 10.1. The average molecular weight is 397 g/mol. The van der Waals surface area contributed by atoms with Crippen molar-refractivity contribution in [2.75, 3.05) is 28.4 Å². The van der Waals surface area contributed by atoms with E-state index in [1.165, 1.54) is 28.4 Å². The van der Waals surface area contributed by atoms with Crippen LogP contribution in [0.1, 0.15) is 21.5 Å². The van der Waals surface area contributed by atoms with Gasteiger partial charge in [-0.15, -0.1) is 0 Å². The van der Waals surface area contributed by atoms with Crippen LogP contribution in [0.5, 0.6) is 17.2 Å². The van der Waals surface area contributed by atoms with Gasteiger partial charge in [0, 0.05) is 5.56 Å². The van der Waals surface area contributed by atoms with Gasteiger partial charge >= 0.3 is 11.9 Å². The highest BCUT2D eigenvalue weighted by Gasteiger charge is 2.26. The summed E-state index contributed by atoms with van der Waals surface area (Å²) in [6, 6.07) is 9.84. The molecule has 3 rings (SSSR count). The van der Waals surface area contributed by atoms with Crippen molar-refractivity contribution in [3.8, 4) is 17.2 Å². The monoisotopic (exact) mass is 397 g/mol. The second-order valence-corrected chi connectivity index (χ2v) is 5.86. The summed E-state index contributed by atoms with van der Waals surface area (Å²) in [6.07, 6.45) is 1.56. The Bertz CT molecular complexity index is 981. The first-order valence-corrected chi connectivity index (χ1v) is 8.52. The van der Waals surface area contributed by atoms with Gasteiger partial charge < -0.3 is 23.7 Å². The minimum atomic E-state index is -0.592. The summed E-state index contributed by atoms with van der Waals surface area (Å²) in [6.45, 7) is 0. The van der Waals surface area contributed by atoms with Crippen molar-refractivity contribution in [1.29, 1.82) is 0 Å². The topological polar surface area (TPSA) is 92.7 Å². The lowest BCUT2D eigenvalue weighted by Crippen LogP contribution is -2.07. The van der Waals surface area contributed by atoms with Gasteiger partial charge in [0.05, 0.1) is 34.0 Å². The van der Waals surface area contributed by atoms with Crippen LogP contribution in [0, 0.1) is 0 Å². The second-order valence-electron chi connectivity index (χ2n) is 5.86. The number of carbonyl (C=O) groups is 2. The lowest BCUT2D eigenvalue weighted by Gasteiger charge is -2.13. The maximum Gasteiger partial charge on any atom is 0.363 e. The third-order valence-corrected chi connectivity index (χ3v) is 4.17. The number of hydrogen-bond acceptors (Lipinski definition) is 8. The molecule has 8 heteroatoms. The summed E-state index contributed by atoms with van der Waals surface area (Å²) in [4.78, 5) is 28.0. The Morgan fingerprint density at radius 1 is 0.966 bits per heavy atom. The van der Waals surface area contributed by atoms with E-state index in [-0.39, 0.29) is 11.6 Å². The Morgan fingerprint density at radius 2 is 1.59 bits per heavy atom. The predicted molar refractivity (Wildman–Crippen MR) is 104 cm³/mol. The van der Waals surface area contributed by atoms with Gasteiger partial charge in [-0.25, -0.2) is 14.6 Å². The number of aliphatic imine (C=N–C) groups is 1. The molecule has 0 N–H and O–H groups in total. The molecule has 0 saturated carbocycles. The molecule has 0 atom stereocenters. The maximum absolute atomic E-state index is 12.2. The molecule has 2 aromatic rings. The molecule has 0 radical (unpaired) electrons. The van der Waals surface area contributed by atoms with Gasteiger partial charge in [-0.2, -0.15) is 0 Å². The van der Waals surface area contributed by atoms with Crippen molar-refractivity contribution in [2.24, 2.45) is 4.99 Å². The molecule has 0 aromatic heterocycles. The number of esters is 2. The van der Waals surface area contributed by atoms with Crippen LogP contribution in [0.25, 0.3) is 6.08 Å². The fraction of sp³-hybridized carbons (Fsp3) is 0.190. The zero-order valence-corrected chi connectivity index (χ0v) is 16.3. The Balaban J connectivity index is 1.94. The smallest absolute Gasteiger partial charge is 0.363 e. The van der Waals surface area contributed by atoms with E-state index in [0.29, 0.717) is 33.9 Å². The number of rotatable bonds is 6. The predicted octanol–water partition coefficient (Wildman–Crippen LogP) is 2.84. The molecule has 1 aliphatic rings. The van der Waals surface area contributed by atoms with E-state index in [2.05, 4.69) is 9.73 Å². The number of methoxy groups -OCH3 is 4. The van der Waals surface area contributed by atoms with Crippen LogP contribution in [-0.2, 0) is 14.3 Å². The zero-order valence-electron chi connectivity index (χ0n) is 16.3. The van der Waals surface area contributed by atoms with E-state index in [4.69, 9.17) is 18.9 Å². The summed E-state index contributed by atoms with van der Waals surface area (Å²) in [7, 11) is 5.80. The number of carbonyl (C=O) groups excluding carboxylic acids is 2. The second kappa shape index (κ2) is 8.47. The molecule has 1 aliphatic heterocycles. The molecule has 0 aliphatic carbocycles. The Hall–Kier alpha value is -3.81. The van der Waals surface area contributed by atoms with E-state index < -0.39 is 11.9 Å². The van der Waals surface area contributed by atoms with E-state index in [1.54, 1.807) is 42.5 Å². The van der Waals surface area contributed by atoms with Crippen LogP contribution in [0.2, 0.25) is 0 Å². The SMILES string of the molecule is COC(=O)c1ccc(/C=C2/N=C(c3cc(OC)c(OC)c(OC)c3)OC2=O)cc1. The van der Waals surface area contributed by atoms with Crippen molar-refractivity contribution in [1.82, 2.24) is 0 Å². The van der Waals surface area contributed by atoms with Gasteiger partial charge in [-0.05, 0) is 35.9 Å². The van der Waals surface area contributed by atoms with Crippen molar-refractivity contribution >= 4 is 23.9 Å². The van der Waals surface area contributed by atoms with Crippen molar-refractivity contribution < 1.29 is 33.3 Å². The molecule has 1 heterocycles. The van der Waals surface area contributed by atoms with E-state index in [1.807, 2.05) is 0 Å². The first kappa shape index (κ1) is 19.9. The fourth-order valence-electron chi connectivity index (χ4n) is 2.73. The van der Waals surface area contributed by atoms with Crippen LogP contribution in [0.15, 0.2) is 47.1 Å². The first-order chi connectivity index (χ1) is 14.0. The molecule has 8 nitrogen and oxygen atoms in total. The summed E-state index contributed by atoms with van der Waals surface area (Å²) in [5.41, 5.74) is 1.71. The normalized spacial score (nSPS) is 14.3. The minimum absolute atomic E-state index is 0.117. The van der Waals surface area contributed by atoms with Gasteiger partial charge in [-0.1, -0.05) is 12.1 Å². The van der Waals surface area contributed by atoms with Crippen LogP contribution in [0.3, 0.4) is 0 Å². The minimum Gasteiger partial charge on any atom is -0.493 e. The molecular formula is C21H19NO7. The Labute approximate surface area is 167 Å². The van der Waals surface area contributed by atoms with E-state index >= 15 is 0 Å². The number of nitrogens with zero attached hydrogens (tertiary/aromatic N) is 1. The van der Waals surface area contributed by atoms with Crippen molar-refractivity contribution in [3.63, 3.8) is 0 Å². The highest BCUT2D eigenvalue weighted by molar-refractivity contribution is 6.13. The molecular weight excluding hydrogens is 378 g/mol. The summed E-state index contributed by atoms with van der Waals surface area (Å²) in [5, 5.41) is 0. The summed E-state index contributed by atoms with van der Waals surface area (Å²) in [5.74, 6) is 0.336. The summed E-state index contributed by atoms with van der Waals surface area (Å²) < 4.78 is 25.9. The third-order valence-electron chi connectivity index (χ3n) is 4.17. The van der Waals surface area contributed by atoms with Crippen LogP contribution in [-0.4, -0.2) is 46.3 Å². The molecule has 0 bridgehead atoms. The first-order valence-electron chi connectivity index (χ1n) is 8.52. The average Bonchev–Trinajstić information content (AvgIpc) is 3.12. The zero-order chi connectivity index (χ0) is 21.0. The van der Waals surface area contributed by atoms with Gasteiger partial charge in [0.25, 0.3) is 0 Å². The van der Waals surface area contributed by atoms with Gasteiger partial charge in [-0.3, -0.25) is 0 Å². The summed E-state index contributed by atoms with van der Waals surface area (Å²) >= 11 is 0. The van der Waals surface area contributed by atoms with Crippen LogP contribution < -0.4 is 14.2 Å². The molecule has 0 amide bonds. The maximum atomic E-state index is 12.2.